The SMILES string of the molecule is [B]c1ccccc1Oc1ccc(C2Nc3cccc(O)c3NC3=C2S(=O)(=O)CC(C)(C)C3)s1. The number of phenols is 1. The summed E-state index contributed by atoms with van der Waals surface area (Å²) < 4.78 is 33.0. The number of fused-ring (bicyclic) bond motifs is 1. The quantitative estimate of drug-likeness (QED) is 0.375. The van der Waals surface area contributed by atoms with Crippen molar-refractivity contribution in [3.05, 3.63) is 70.1 Å². The van der Waals surface area contributed by atoms with Crippen LogP contribution in [0.5, 0.6) is 16.6 Å². The van der Waals surface area contributed by atoms with Gasteiger partial charge in [0.2, 0.25) is 0 Å². The largest absolute Gasteiger partial charge is 0.506 e. The highest BCUT2D eigenvalue weighted by Gasteiger charge is 2.43. The molecule has 2 aliphatic heterocycles. The molecule has 33 heavy (non-hydrogen) atoms. The van der Waals surface area contributed by atoms with Gasteiger partial charge in [0, 0.05) is 10.6 Å². The molecule has 0 aliphatic carbocycles. The van der Waals surface area contributed by atoms with Gasteiger partial charge in [-0.1, -0.05) is 43.6 Å². The van der Waals surface area contributed by atoms with E-state index in [0.29, 0.717) is 44.7 Å². The van der Waals surface area contributed by atoms with Crippen LogP contribution in [0.15, 0.2) is 65.2 Å². The molecule has 2 radical (unpaired) electrons. The molecule has 0 fully saturated rings. The Balaban J connectivity index is 1.61. The van der Waals surface area contributed by atoms with Crippen LogP contribution < -0.4 is 20.8 Å². The Hall–Kier alpha value is -2.91. The monoisotopic (exact) mass is 478 g/mol. The summed E-state index contributed by atoms with van der Waals surface area (Å²) in [6, 6.07) is 15.4. The second kappa shape index (κ2) is 7.85. The van der Waals surface area contributed by atoms with Gasteiger partial charge in [-0.25, -0.2) is 8.42 Å². The maximum atomic E-state index is 13.5. The first-order valence-corrected chi connectivity index (χ1v) is 13.0. The standard InChI is InChI=1S/C24H23BN2O4S2/c1-24(2)12-16-23(33(29,30)13-24)22(26-15-7-5-8-17(28)21(15)27-16)19-10-11-20(32-19)31-18-9-4-3-6-14(18)25/h3-11,22,26-28H,12-13H2,1-2H3. The predicted molar refractivity (Wildman–Crippen MR) is 134 cm³/mol. The topological polar surface area (TPSA) is 87.7 Å². The first-order valence-electron chi connectivity index (χ1n) is 10.6. The number of phenolic OH excluding ortho intramolecular Hbond substituents is 1. The van der Waals surface area contributed by atoms with E-state index in [1.807, 2.05) is 44.2 Å². The van der Waals surface area contributed by atoms with Gasteiger partial charge in [-0.2, -0.15) is 0 Å². The Labute approximate surface area is 198 Å². The van der Waals surface area contributed by atoms with Crippen LogP contribution in [0.3, 0.4) is 0 Å². The van der Waals surface area contributed by atoms with Crippen molar-refractivity contribution in [2.75, 3.05) is 16.4 Å². The third-order valence-electron chi connectivity index (χ3n) is 5.77. The van der Waals surface area contributed by atoms with Crippen LogP contribution in [0.2, 0.25) is 0 Å². The van der Waals surface area contributed by atoms with Crippen molar-refractivity contribution in [3.8, 4) is 16.6 Å². The van der Waals surface area contributed by atoms with Gasteiger partial charge < -0.3 is 20.5 Å². The van der Waals surface area contributed by atoms with E-state index in [-0.39, 0.29) is 11.5 Å². The summed E-state index contributed by atoms with van der Waals surface area (Å²) in [7, 11) is 2.42. The maximum Gasteiger partial charge on any atom is 0.181 e. The number of sulfone groups is 1. The second-order valence-corrected chi connectivity index (χ2v) is 12.2. The summed E-state index contributed by atoms with van der Waals surface area (Å²) in [5.74, 6) is 0.655. The average molecular weight is 478 g/mol. The van der Waals surface area contributed by atoms with Crippen LogP contribution in [0.25, 0.3) is 0 Å². The second-order valence-electron chi connectivity index (χ2n) is 9.14. The van der Waals surface area contributed by atoms with Gasteiger partial charge in [-0.15, -0.1) is 11.3 Å². The summed E-state index contributed by atoms with van der Waals surface area (Å²) in [6.07, 6.45) is 0.544. The summed E-state index contributed by atoms with van der Waals surface area (Å²) in [5, 5.41) is 17.7. The number of anilines is 2. The fourth-order valence-electron chi connectivity index (χ4n) is 4.45. The number of allylic oxidation sites excluding steroid dienone is 1. The zero-order chi connectivity index (χ0) is 23.4. The highest BCUT2D eigenvalue weighted by atomic mass is 32.2. The molecule has 0 saturated heterocycles. The Bertz CT molecular complexity index is 1380. The Morgan fingerprint density at radius 3 is 2.70 bits per heavy atom. The van der Waals surface area contributed by atoms with Crippen molar-refractivity contribution in [2.45, 2.75) is 26.3 Å². The van der Waals surface area contributed by atoms with E-state index in [9.17, 15) is 13.5 Å². The molecule has 2 aromatic carbocycles. The van der Waals surface area contributed by atoms with E-state index in [0.717, 1.165) is 4.88 Å². The molecule has 9 heteroatoms. The van der Waals surface area contributed by atoms with Crippen molar-refractivity contribution < 1.29 is 18.3 Å². The van der Waals surface area contributed by atoms with Crippen LogP contribution in [0.4, 0.5) is 11.4 Å². The fraction of sp³-hybridized carbons (Fsp3) is 0.250. The van der Waals surface area contributed by atoms with E-state index in [4.69, 9.17) is 12.6 Å². The van der Waals surface area contributed by atoms with Crippen LogP contribution >= 0.6 is 11.3 Å². The van der Waals surface area contributed by atoms with E-state index in [1.165, 1.54) is 11.3 Å². The lowest BCUT2D eigenvalue weighted by molar-refractivity contribution is 0.400. The number of hydrogen-bond donors (Lipinski definition) is 3. The Morgan fingerprint density at radius 2 is 1.91 bits per heavy atom. The van der Waals surface area contributed by atoms with E-state index in [1.54, 1.807) is 24.3 Å². The number of rotatable bonds is 3. The number of hydrogen-bond acceptors (Lipinski definition) is 7. The Kier molecular flexibility index (Phi) is 5.21. The summed E-state index contributed by atoms with van der Waals surface area (Å²) in [5.41, 5.74) is 1.80. The van der Waals surface area contributed by atoms with Crippen molar-refractivity contribution >= 4 is 45.9 Å². The predicted octanol–water partition coefficient (Wildman–Crippen LogP) is 4.67. The molecule has 0 bridgehead atoms. The van der Waals surface area contributed by atoms with Crippen molar-refractivity contribution in [3.63, 3.8) is 0 Å². The molecule has 3 heterocycles. The normalized spacial score (nSPS) is 20.6. The van der Waals surface area contributed by atoms with Crippen molar-refractivity contribution in [1.82, 2.24) is 0 Å². The summed E-state index contributed by atoms with van der Waals surface area (Å²) >= 11 is 1.36. The number of aromatic hydroxyl groups is 1. The summed E-state index contributed by atoms with van der Waals surface area (Å²) in [6.45, 7) is 3.88. The van der Waals surface area contributed by atoms with Gasteiger partial charge in [-0.05, 0) is 42.2 Å². The third kappa shape index (κ3) is 4.11. The number of benzene rings is 2. The minimum atomic E-state index is -3.58. The maximum absolute atomic E-state index is 13.5. The number of thiophene rings is 1. The zero-order valence-corrected chi connectivity index (χ0v) is 19.9. The number of para-hydroxylation sites is 2. The molecular weight excluding hydrogens is 455 g/mol. The minimum Gasteiger partial charge on any atom is -0.506 e. The van der Waals surface area contributed by atoms with Gasteiger partial charge in [0.25, 0.3) is 0 Å². The molecule has 0 amide bonds. The van der Waals surface area contributed by atoms with E-state index in [2.05, 4.69) is 10.6 Å². The summed E-state index contributed by atoms with van der Waals surface area (Å²) in [4.78, 5) is 1.10. The highest BCUT2D eigenvalue weighted by molar-refractivity contribution is 7.95. The average Bonchev–Trinajstić information content (AvgIpc) is 3.10. The first kappa shape index (κ1) is 21.9. The molecule has 6 nitrogen and oxygen atoms in total. The number of nitrogens with one attached hydrogen (secondary N) is 2. The van der Waals surface area contributed by atoms with Gasteiger partial charge >= 0.3 is 0 Å². The molecule has 1 aromatic heterocycles. The molecular formula is C24H23BN2O4S2. The minimum absolute atomic E-state index is 0.0519. The highest BCUT2D eigenvalue weighted by Crippen LogP contribution is 2.49. The molecule has 5 rings (SSSR count). The van der Waals surface area contributed by atoms with Crippen LogP contribution in [0.1, 0.15) is 31.2 Å². The Morgan fingerprint density at radius 1 is 1.12 bits per heavy atom. The van der Waals surface area contributed by atoms with E-state index < -0.39 is 21.3 Å². The molecule has 1 atom stereocenters. The fourth-order valence-corrected chi connectivity index (χ4v) is 7.78. The van der Waals surface area contributed by atoms with Crippen molar-refractivity contribution in [2.24, 2.45) is 5.41 Å². The lowest BCUT2D eigenvalue weighted by atomic mass is 9.89. The third-order valence-corrected chi connectivity index (χ3v) is 9.11. The lowest BCUT2D eigenvalue weighted by Crippen LogP contribution is -2.35. The van der Waals surface area contributed by atoms with E-state index >= 15 is 0 Å². The smallest absolute Gasteiger partial charge is 0.181 e. The van der Waals surface area contributed by atoms with Crippen LogP contribution in [-0.2, 0) is 9.84 Å². The molecule has 3 N–H and O–H groups in total. The molecule has 2 aliphatic rings. The van der Waals surface area contributed by atoms with Crippen molar-refractivity contribution in [1.29, 1.82) is 0 Å². The molecule has 0 saturated carbocycles. The van der Waals surface area contributed by atoms with Crippen LogP contribution in [-0.4, -0.2) is 27.1 Å². The first-order chi connectivity index (χ1) is 15.6. The van der Waals surface area contributed by atoms with Gasteiger partial charge in [0.05, 0.1) is 22.4 Å². The van der Waals surface area contributed by atoms with Crippen LogP contribution in [0, 0.1) is 5.41 Å². The molecule has 0 spiro atoms. The van der Waals surface area contributed by atoms with Gasteiger partial charge in [0.15, 0.2) is 14.9 Å². The molecule has 3 aromatic rings. The zero-order valence-electron chi connectivity index (χ0n) is 18.3. The molecule has 1 unspecified atom stereocenters. The lowest BCUT2D eigenvalue weighted by Gasteiger charge is -2.34. The number of ether oxygens (including phenoxy) is 1. The molecule has 168 valence electrons. The van der Waals surface area contributed by atoms with Gasteiger partial charge in [0.1, 0.15) is 25.0 Å². The van der Waals surface area contributed by atoms with Gasteiger partial charge in [-0.3, -0.25) is 0 Å².